The minimum absolute atomic E-state index is 0.0162. The van der Waals surface area contributed by atoms with Gasteiger partial charge in [0.05, 0.1) is 151 Å². The lowest BCUT2D eigenvalue weighted by molar-refractivity contribution is -0.145. The predicted octanol–water partition coefficient (Wildman–Crippen LogP) is 24.9. The first-order valence-electron chi connectivity index (χ1n) is 49.1. The minimum atomic E-state index is -0.646. The molecule has 0 N–H and O–H groups in total. The highest BCUT2D eigenvalue weighted by Gasteiger charge is 2.27. The summed E-state index contributed by atoms with van der Waals surface area (Å²) < 4.78 is 74.9. The lowest BCUT2D eigenvalue weighted by atomic mass is 9.99. The van der Waals surface area contributed by atoms with Gasteiger partial charge >= 0.3 is 47.8 Å². The molecule has 0 fully saturated rings. The van der Waals surface area contributed by atoms with Gasteiger partial charge in [-0.1, -0.05) is 174 Å². The second-order valence-corrected chi connectivity index (χ2v) is 34.2. The summed E-state index contributed by atoms with van der Waals surface area (Å²) in [5, 5.41) is 0. The van der Waals surface area contributed by atoms with Crippen LogP contribution in [-0.2, 0) is 147 Å². The highest BCUT2D eigenvalue weighted by atomic mass is 16.6. The van der Waals surface area contributed by atoms with Crippen LogP contribution in [-0.4, -0.2) is 141 Å². The van der Waals surface area contributed by atoms with Gasteiger partial charge in [0.15, 0.2) is 0 Å². The van der Waals surface area contributed by atoms with E-state index >= 15 is 0 Å². The molecule has 12 aromatic carbocycles. The standard InChI is InChI=1S/C70H72N2O17.C54H56N2O5/c1-11-82-67(77)46(6)41-86-63(73)36-50-15-25-56(26-16-50)71(57-27-17-51(18-28-57)37-64(74)87-42-47(7)68(78)83-12-2)60-33-23-54(35-45(60)5)55-24-34-61(62(40-55)81-10)72(58-29-19-52(20-30-58)38-65(75)88-43-48(8)69(79)84-13-3)59-31-21-53(22-32-59)39-66(76)89-44-49(9)70(80)85-14-4;1-7-58-35-31-42-11-21-48(22-12-42)55(49-23-13-43(14-24-49)32-36-59-8-2)52-29-19-46(39-41(52)5)47-20-30-53(54(40-47)57-6)56(50-25-15-44(16-26-50)33-37-60-9-3)51-27-17-45(18-28-51)34-38-61-10-4/h15-35,40H,6-9,11-14,36-39,41-44H2,1-5,10H3;7-30,39-40H,1-4,31-38H2,5-6H3. The molecule has 0 amide bonds. The highest BCUT2D eigenvalue weighted by molar-refractivity contribution is 5.93. The van der Waals surface area contributed by atoms with Crippen LogP contribution in [0.25, 0.3) is 22.3 Å². The fraction of sp³-hybridized carbons (Fsp3) is 0.226. The third-order valence-electron chi connectivity index (χ3n) is 23.7. The van der Waals surface area contributed by atoms with E-state index in [9.17, 15) is 38.4 Å². The van der Waals surface area contributed by atoms with Crippen LogP contribution in [0.1, 0.15) is 83.3 Å². The molecule has 0 heterocycles. The number of nitrogens with zero attached hydrogens (tertiary/aromatic N) is 4. The Balaban J connectivity index is 0.000000304. The maximum Gasteiger partial charge on any atom is 0.336 e. The smallest absolute Gasteiger partial charge is 0.336 e. The normalized spacial score (nSPS) is 10.6. The molecule has 0 atom stereocenters. The van der Waals surface area contributed by atoms with Gasteiger partial charge in [0, 0.05) is 82.6 Å². The number of hydrogen-bond acceptors (Lipinski definition) is 26. The Kier molecular flexibility index (Phi) is 43.5. The molecule has 26 nitrogen and oxygen atoms in total. The molecule has 0 spiro atoms. The van der Waals surface area contributed by atoms with Crippen LogP contribution in [0.3, 0.4) is 0 Å². The van der Waals surface area contributed by atoms with E-state index in [1.807, 2.05) is 102 Å². The molecule has 12 aromatic rings. The summed E-state index contributed by atoms with van der Waals surface area (Å²) in [6, 6.07) is 88.6. The first-order valence-corrected chi connectivity index (χ1v) is 49.1. The predicted molar refractivity (Wildman–Crippen MR) is 586 cm³/mol. The summed E-state index contributed by atoms with van der Waals surface area (Å²) in [5.74, 6) is -3.58. The van der Waals surface area contributed by atoms with Crippen molar-refractivity contribution >= 4 is 116 Å². The van der Waals surface area contributed by atoms with E-state index in [4.69, 9.17) is 66.3 Å². The Morgan fingerprint density at radius 3 is 0.620 bits per heavy atom. The topological polar surface area (TPSA) is 279 Å². The van der Waals surface area contributed by atoms with E-state index in [2.05, 4.69) is 203 Å². The average molecular weight is 2030 g/mol. The van der Waals surface area contributed by atoms with Crippen molar-refractivity contribution in [3.8, 4) is 33.8 Å². The number of esters is 8. The van der Waals surface area contributed by atoms with E-state index in [0.717, 1.165) is 116 Å². The van der Waals surface area contributed by atoms with E-state index in [1.54, 1.807) is 90.4 Å². The zero-order valence-electron chi connectivity index (χ0n) is 86.3. The lowest BCUT2D eigenvalue weighted by Gasteiger charge is -2.28. The number of carbonyl (C=O) groups is 8. The van der Waals surface area contributed by atoms with E-state index in [1.165, 1.54) is 47.3 Å². The molecule has 0 aliphatic heterocycles. The van der Waals surface area contributed by atoms with E-state index in [-0.39, 0.29) is 101 Å². The Labute approximate surface area is 877 Å². The fourth-order valence-corrected chi connectivity index (χ4v) is 16.0. The van der Waals surface area contributed by atoms with Gasteiger partial charge in [-0.25, -0.2) is 19.2 Å². The second-order valence-electron chi connectivity index (χ2n) is 34.2. The molecule has 0 aliphatic carbocycles. The van der Waals surface area contributed by atoms with Crippen molar-refractivity contribution in [2.45, 2.75) is 92.9 Å². The minimum Gasteiger partial charge on any atom is -0.501 e. The van der Waals surface area contributed by atoms with Crippen LogP contribution in [0.15, 0.2) is 367 Å². The van der Waals surface area contributed by atoms with E-state index in [0.29, 0.717) is 71.5 Å². The third-order valence-corrected chi connectivity index (χ3v) is 23.7. The maximum absolute atomic E-state index is 12.9. The molecular formula is C124H128N4O22. The van der Waals surface area contributed by atoms with Crippen molar-refractivity contribution in [2.24, 2.45) is 0 Å². The summed E-state index contributed by atoms with van der Waals surface area (Å²) in [5.41, 5.74) is 23.7. The van der Waals surface area contributed by atoms with Crippen LogP contribution >= 0.6 is 0 Å². The van der Waals surface area contributed by atoms with Crippen LogP contribution < -0.4 is 29.1 Å². The number of hydrogen-bond donors (Lipinski definition) is 0. The number of methoxy groups -OCH3 is 2. The summed E-state index contributed by atoms with van der Waals surface area (Å²) in [7, 11) is 3.30. The van der Waals surface area contributed by atoms with Gasteiger partial charge in [-0.2, -0.15) is 0 Å². The molecule has 0 aliphatic rings. The van der Waals surface area contributed by atoms with Gasteiger partial charge in [0.2, 0.25) is 0 Å². The van der Waals surface area contributed by atoms with Gasteiger partial charge in [0.1, 0.15) is 37.9 Å². The number of anilines is 12. The largest absolute Gasteiger partial charge is 0.501 e. The van der Waals surface area contributed by atoms with Crippen LogP contribution in [0.2, 0.25) is 0 Å². The first kappa shape index (κ1) is 113. The Hall–Kier alpha value is -17.7. The molecule has 0 bridgehead atoms. The Bertz CT molecular complexity index is 6400. The van der Waals surface area contributed by atoms with Gasteiger partial charge in [-0.15, -0.1) is 0 Å². The van der Waals surface area contributed by atoms with Gasteiger partial charge in [0.25, 0.3) is 0 Å². The number of carbonyl (C=O) groups excluding carboxylic acids is 8. The molecule has 26 heteroatoms. The van der Waals surface area contributed by atoms with E-state index < -0.39 is 47.8 Å². The van der Waals surface area contributed by atoms with Crippen molar-refractivity contribution < 1.29 is 105 Å². The number of ether oxygens (including phenoxy) is 14. The van der Waals surface area contributed by atoms with Crippen LogP contribution in [0.5, 0.6) is 11.5 Å². The number of rotatable bonds is 56. The summed E-state index contributed by atoms with van der Waals surface area (Å²) >= 11 is 0. The molecule has 0 unspecified atom stereocenters. The molecular weight excluding hydrogens is 1900 g/mol. The quantitative estimate of drug-likeness (QED) is 0.0113. The Morgan fingerprint density at radius 1 is 0.247 bits per heavy atom. The zero-order chi connectivity index (χ0) is 107. The first-order chi connectivity index (χ1) is 72.7. The number of aryl methyl sites for hydroxylation is 2. The summed E-state index contributed by atoms with van der Waals surface area (Å²) in [4.78, 5) is 108. The van der Waals surface area contributed by atoms with Gasteiger partial charge < -0.3 is 85.9 Å². The van der Waals surface area contributed by atoms with Gasteiger partial charge in [-0.3, -0.25) is 19.2 Å². The molecule has 12 rings (SSSR count). The van der Waals surface area contributed by atoms with Crippen molar-refractivity contribution in [3.05, 3.63) is 423 Å². The Morgan fingerprint density at radius 2 is 0.433 bits per heavy atom. The van der Waals surface area contributed by atoms with Crippen molar-refractivity contribution in [3.63, 3.8) is 0 Å². The lowest BCUT2D eigenvalue weighted by Crippen LogP contribution is -2.16. The second kappa shape index (κ2) is 57.9. The average Bonchev–Trinajstić information content (AvgIpc) is 0.781. The summed E-state index contributed by atoms with van der Waals surface area (Å²) in [6.45, 7) is 41.8. The third kappa shape index (κ3) is 32.7. The highest BCUT2D eigenvalue weighted by Crippen LogP contribution is 2.47. The maximum atomic E-state index is 12.9. The van der Waals surface area contributed by atoms with Crippen molar-refractivity contribution in [2.75, 3.05) is 113 Å². The molecule has 0 radical (unpaired) electrons. The monoisotopic (exact) mass is 2020 g/mol. The molecule has 0 saturated carbocycles. The van der Waals surface area contributed by atoms with Crippen LogP contribution in [0, 0.1) is 13.8 Å². The molecule has 150 heavy (non-hydrogen) atoms. The summed E-state index contributed by atoms with van der Waals surface area (Å²) in [6.07, 6.45) is 8.81. The van der Waals surface area contributed by atoms with Crippen LogP contribution in [0.4, 0.5) is 68.2 Å². The molecule has 0 aromatic heterocycles. The number of benzene rings is 12. The SMILES string of the molecule is C=C(COC(=O)Cc1ccc(N(c2ccc(CC(=O)OCC(=C)C(=O)OCC)cc2)c2ccc(-c3ccc(N(c4ccc(CC(=O)OCC(=C)C(=O)OCC)cc4)c4ccc(CC(=O)OCC(=C)C(=O)OCC)cc4)c(OC)c3)cc2C)cc1)C(=O)OCC.C=COCCc1ccc(N(c2ccc(CCOC=C)cc2)c2ccc(-c3ccc(N(c4ccc(CCOC=C)cc4)c4ccc(CCOC=C)cc4)c(OC)c3)cc2C)cc1. The zero-order valence-corrected chi connectivity index (χ0v) is 86.3. The molecule has 776 valence electrons. The van der Waals surface area contributed by atoms with Gasteiger partial charge in [-0.05, 0) is 265 Å². The van der Waals surface area contributed by atoms with Crippen molar-refractivity contribution in [1.82, 2.24) is 0 Å². The molecule has 0 saturated heterocycles. The van der Waals surface area contributed by atoms with Crippen molar-refractivity contribution in [1.29, 1.82) is 0 Å². The fourth-order valence-electron chi connectivity index (χ4n) is 16.0.